The van der Waals surface area contributed by atoms with Gasteiger partial charge in [-0.1, -0.05) is 13.8 Å². The van der Waals surface area contributed by atoms with E-state index in [1.165, 1.54) is 18.4 Å². The van der Waals surface area contributed by atoms with E-state index in [9.17, 15) is 9.59 Å². The van der Waals surface area contributed by atoms with Gasteiger partial charge in [0.2, 0.25) is 0 Å². The first-order valence-corrected chi connectivity index (χ1v) is 6.48. The van der Waals surface area contributed by atoms with Crippen LogP contribution in [0.3, 0.4) is 0 Å². The molecular weight excluding hydrogens is 254 g/mol. The van der Waals surface area contributed by atoms with Crippen molar-refractivity contribution >= 4 is 23.2 Å². The standard InChI is InChI=1S/C12H17NO4S/c1-7(2)6-8(12(15)16)13-11(14)10-9(17-3)4-5-18-10/h4-5,7-8H,6H2,1-3H3,(H,13,14)(H,15,16)/t8-/m1/s1. The molecule has 1 heterocycles. The Kier molecular flexibility index (Phi) is 5.15. The summed E-state index contributed by atoms with van der Waals surface area (Å²) in [6.07, 6.45) is 0.398. The molecule has 5 nitrogen and oxygen atoms in total. The van der Waals surface area contributed by atoms with Crippen molar-refractivity contribution < 1.29 is 19.4 Å². The Bertz CT molecular complexity index is 427. The van der Waals surface area contributed by atoms with Gasteiger partial charge in [0.15, 0.2) is 0 Å². The van der Waals surface area contributed by atoms with Crippen LogP contribution in [0.4, 0.5) is 0 Å². The molecular formula is C12H17NO4S. The zero-order valence-electron chi connectivity index (χ0n) is 10.6. The van der Waals surface area contributed by atoms with E-state index in [4.69, 9.17) is 9.84 Å². The maximum Gasteiger partial charge on any atom is 0.326 e. The average molecular weight is 271 g/mol. The summed E-state index contributed by atoms with van der Waals surface area (Å²) in [6.45, 7) is 3.82. The Balaban J connectivity index is 2.75. The molecule has 2 N–H and O–H groups in total. The topological polar surface area (TPSA) is 75.6 Å². The Morgan fingerprint density at radius 2 is 2.17 bits per heavy atom. The highest BCUT2D eigenvalue weighted by atomic mass is 32.1. The smallest absolute Gasteiger partial charge is 0.326 e. The molecule has 0 aliphatic carbocycles. The molecule has 1 rings (SSSR count). The molecule has 100 valence electrons. The summed E-state index contributed by atoms with van der Waals surface area (Å²) in [5.41, 5.74) is 0. The number of thiophene rings is 1. The number of carboxylic acid groups (broad SMARTS) is 1. The van der Waals surface area contributed by atoms with Crippen molar-refractivity contribution in [1.82, 2.24) is 5.32 Å². The van der Waals surface area contributed by atoms with Crippen LogP contribution in [-0.2, 0) is 4.79 Å². The van der Waals surface area contributed by atoms with Crippen molar-refractivity contribution in [3.63, 3.8) is 0 Å². The van der Waals surface area contributed by atoms with Crippen LogP contribution < -0.4 is 10.1 Å². The van der Waals surface area contributed by atoms with Gasteiger partial charge in [-0.25, -0.2) is 4.79 Å². The first kappa shape index (κ1) is 14.5. The molecule has 0 aliphatic heterocycles. The van der Waals surface area contributed by atoms with Crippen molar-refractivity contribution in [3.05, 3.63) is 16.3 Å². The third kappa shape index (κ3) is 3.73. The van der Waals surface area contributed by atoms with Crippen molar-refractivity contribution in [3.8, 4) is 5.75 Å². The molecule has 0 saturated carbocycles. The van der Waals surface area contributed by atoms with Crippen LogP contribution in [0.15, 0.2) is 11.4 Å². The number of carbonyl (C=O) groups is 2. The van der Waals surface area contributed by atoms with E-state index in [1.807, 2.05) is 13.8 Å². The van der Waals surface area contributed by atoms with Crippen molar-refractivity contribution in [2.24, 2.45) is 5.92 Å². The predicted molar refractivity (Wildman–Crippen MR) is 69.2 cm³/mol. The van der Waals surface area contributed by atoms with E-state index in [0.717, 1.165) is 0 Å². The number of methoxy groups -OCH3 is 1. The fraction of sp³-hybridized carbons (Fsp3) is 0.500. The van der Waals surface area contributed by atoms with Crippen LogP contribution in [0.25, 0.3) is 0 Å². The lowest BCUT2D eigenvalue weighted by Gasteiger charge is -2.16. The van der Waals surface area contributed by atoms with Gasteiger partial charge in [-0.05, 0) is 23.8 Å². The summed E-state index contributed by atoms with van der Waals surface area (Å²) in [5.74, 6) is -0.773. The normalized spacial score (nSPS) is 12.2. The van der Waals surface area contributed by atoms with Crippen LogP contribution in [0.2, 0.25) is 0 Å². The quantitative estimate of drug-likeness (QED) is 0.829. The van der Waals surface area contributed by atoms with Crippen LogP contribution in [0.1, 0.15) is 29.9 Å². The molecule has 0 fully saturated rings. The second-order valence-electron chi connectivity index (χ2n) is 4.31. The summed E-state index contributed by atoms with van der Waals surface area (Å²) in [5, 5.41) is 13.3. The minimum atomic E-state index is -1.02. The van der Waals surface area contributed by atoms with E-state index in [0.29, 0.717) is 17.0 Å². The first-order chi connectivity index (χ1) is 8.45. The van der Waals surface area contributed by atoms with Gasteiger partial charge in [0.1, 0.15) is 16.7 Å². The number of aliphatic carboxylic acids is 1. The molecule has 6 heteroatoms. The van der Waals surface area contributed by atoms with E-state index in [1.54, 1.807) is 11.4 Å². The third-order valence-electron chi connectivity index (χ3n) is 2.37. The highest BCUT2D eigenvalue weighted by Gasteiger charge is 2.23. The molecule has 0 bridgehead atoms. The van der Waals surface area contributed by atoms with Crippen molar-refractivity contribution in [2.75, 3.05) is 7.11 Å². The van der Waals surface area contributed by atoms with Gasteiger partial charge in [-0.2, -0.15) is 0 Å². The van der Waals surface area contributed by atoms with Gasteiger partial charge in [0, 0.05) is 0 Å². The zero-order chi connectivity index (χ0) is 13.7. The van der Waals surface area contributed by atoms with E-state index in [-0.39, 0.29) is 5.92 Å². The number of hydrogen-bond acceptors (Lipinski definition) is 4. The molecule has 0 radical (unpaired) electrons. The lowest BCUT2D eigenvalue weighted by molar-refractivity contribution is -0.139. The van der Waals surface area contributed by atoms with E-state index >= 15 is 0 Å². The Morgan fingerprint density at radius 3 is 2.67 bits per heavy atom. The number of nitrogens with one attached hydrogen (secondary N) is 1. The summed E-state index contributed by atoms with van der Waals surface area (Å²) in [4.78, 5) is 23.4. The average Bonchev–Trinajstić information content (AvgIpc) is 2.75. The van der Waals surface area contributed by atoms with Gasteiger partial charge in [0.05, 0.1) is 7.11 Å². The number of carbonyl (C=O) groups excluding carboxylic acids is 1. The lowest BCUT2D eigenvalue weighted by Crippen LogP contribution is -2.41. The van der Waals surface area contributed by atoms with Crippen LogP contribution in [0.5, 0.6) is 5.75 Å². The number of carboxylic acids is 1. The summed E-state index contributed by atoms with van der Waals surface area (Å²) >= 11 is 1.22. The predicted octanol–water partition coefficient (Wildman–Crippen LogP) is 1.99. The Hall–Kier alpha value is -1.56. The monoisotopic (exact) mass is 271 g/mol. The van der Waals surface area contributed by atoms with Gasteiger partial charge in [0.25, 0.3) is 5.91 Å². The van der Waals surface area contributed by atoms with Gasteiger partial charge < -0.3 is 15.2 Å². The molecule has 1 aromatic rings. The molecule has 18 heavy (non-hydrogen) atoms. The Morgan fingerprint density at radius 1 is 1.50 bits per heavy atom. The van der Waals surface area contributed by atoms with Crippen molar-refractivity contribution in [2.45, 2.75) is 26.3 Å². The summed E-state index contributed by atoms with van der Waals surface area (Å²) in [7, 11) is 1.47. The van der Waals surface area contributed by atoms with E-state index < -0.39 is 17.9 Å². The number of ether oxygens (including phenoxy) is 1. The molecule has 0 aliphatic rings. The molecule has 0 spiro atoms. The van der Waals surface area contributed by atoms with Crippen LogP contribution in [0, 0.1) is 5.92 Å². The fourth-order valence-electron chi connectivity index (χ4n) is 1.54. The summed E-state index contributed by atoms with van der Waals surface area (Å²) in [6, 6.07) is 0.807. The maximum absolute atomic E-state index is 11.9. The molecule has 0 saturated heterocycles. The minimum absolute atomic E-state index is 0.191. The zero-order valence-corrected chi connectivity index (χ0v) is 11.4. The van der Waals surface area contributed by atoms with Crippen molar-refractivity contribution in [1.29, 1.82) is 0 Å². The maximum atomic E-state index is 11.9. The second-order valence-corrected chi connectivity index (χ2v) is 5.23. The number of hydrogen-bond donors (Lipinski definition) is 2. The Labute approximate surface area is 110 Å². The molecule has 0 aromatic carbocycles. The number of rotatable bonds is 6. The summed E-state index contributed by atoms with van der Waals surface area (Å²) < 4.78 is 5.03. The third-order valence-corrected chi connectivity index (χ3v) is 3.26. The molecule has 1 amide bonds. The number of amides is 1. The van der Waals surface area contributed by atoms with Gasteiger partial charge in [-0.15, -0.1) is 11.3 Å². The lowest BCUT2D eigenvalue weighted by atomic mass is 10.0. The molecule has 0 unspecified atom stereocenters. The molecule has 1 atom stereocenters. The van der Waals surface area contributed by atoms with Crippen LogP contribution in [-0.4, -0.2) is 30.1 Å². The minimum Gasteiger partial charge on any atom is -0.495 e. The van der Waals surface area contributed by atoms with Gasteiger partial charge >= 0.3 is 5.97 Å². The first-order valence-electron chi connectivity index (χ1n) is 5.60. The highest BCUT2D eigenvalue weighted by molar-refractivity contribution is 7.12. The highest BCUT2D eigenvalue weighted by Crippen LogP contribution is 2.24. The fourth-order valence-corrected chi connectivity index (χ4v) is 2.30. The van der Waals surface area contributed by atoms with Gasteiger partial charge in [-0.3, -0.25) is 4.79 Å². The second kappa shape index (κ2) is 6.39. The van der Waals surface area contributed by atoms with Crippen LogP contribution >= 0.6 is 11.3 Å². The largest absolute Gasteiger partial charge is 0.495 e. The molecule has 1 aromatic heterocycles. The van der Waals surface area contributed by atoms with E-state index in [2.05, 4.69) is 5.32 Å². The SMILES string of the molecule is COc1ccsc1C(=O)N[C@H](CC(C)C)C(=O)O.